The predicted molar refractivity (Wildman–Crippen MR) is 55.2 cm³/mol. The number of hydrogen-bond acceptors (Lipinski definition) is 6. The zero-order valence-electron chi connectivity index (χ0n) is 9.34. The van der Waals surface area contributed by atoms with Crippen LogP contribution in [0.2, 0.25) is 0 Å². The lowest BCUT2D eigenvalue weighted by atomic mass is 10.5. The minimum Gasteiger partial charge on any atom is -0.480 e. The lowest BCUT2D eigenvalue weighted by Gasteiger charge is -2.14. The Morgan fingerprint density at radius 2 is 2.19 bits per heavy atom. The first kappa shape index (κ1) is 12.4. The Bertz CT molecular complexity index is 335. The minimum atomic E-state index is -1.02. The van der Waals surface area contributed by atoms with Crippen LogP contribution in [0, 0.1) is 0 Å². The Morgan fingerprint density at radius 1 is 1.50 bits per heavy atom. The van der Waals surface area contributed by atoms with Crippen LogP contribution in [0.5, 0.6) is 0 Å². The molecule has 0 amide bonds. The lowest BCUT2D eigenvalue weighted by Crippen LogP contribution is -2.23. The molecule has 7 nitrogen and oxygen atoms in total. The molecule has 0 aromatic carbocycles. The Kier molecular flexibility index (Phi) is 4.71. The topological polar surface area (TPSA) is 88.7 Å². The van der Waals surface area contributed by atoms with Gasteiger partial charge in [-0.05, 0) is 19.0 Å². The fraction of sp³-hybridized carbons (Fsp3) is 0.667. The quantitative estimate of drug-likeness (QED) is 0.728. The van der Waals surface area contributed by atoms with Gasteiger partial charge in [0.1, 0.15) is 13.2 Å². The summed E-state index contributed by atoms with van der Waals surface area (Å²) in [6, 6.07) is 0. The molecule has 0 bridgehead atoms. The number of carbonyl (C=O) groups is 1. The monoisotopic (exact) mass is 229 g/mol. The second-order valence-electron chi connectivity index (χ2n) is 3.05. The Labute approximate surface area is 93.0 Å². The van der Waals surface area contributed by atoms with Crippen molar-refractivity contribution >= 4 is 11.9 Å². The van der Waals surface area contributed by atoms with Gasteiger partial charge in [-0.1, -0.05) is 0 Å². The molecule has 1 rings (SSSR count). The molecule has 1 N–H and O–H groups in total. The molecule has 0 saturated heterocycles. The summed E-state index contributed by atoms with van der Waals surface area (Å²) in [6.07, 6.45) is 0. The van der Waals surface area contributed by atoms with Crippen LogP contribution < -0.4 is 4.90 Å². The SMILES string of the molecule is CCN(CC)c1noc(COCC(=O)O)n1. The second-order valence-corrected chi connectivity index (χ2v) is 3.05. The van der Waals surface area contributed by atoms with Crippen LogP contribution in [0.3, 0.4) is 0 Å². The third-order valence-electron chi connectivity index (χ3n) is 1.95. The van der Waals surface area contributed by atoms with Gasteiger partial charge < -0.3 is 19.3 Å². The summed E-state index contributed by atoms with van der Waals surface area (Å²) in [5, 5.41) is 12.1. The van der Waals surface area contributed by atoms with Crippen LogP contribution in [0.4, 0.5) is 5.95 Å². The summed E-state index contributed by atoms with van der Waals surface area (Å²) in [5.41, 5.74) is 0. The lowest BCUT2D eigenvalue weighted by molar-refractivity contribution is -0.142. The van der Waals surface area contributed by atoms with Crippen LogP contribution in [0.25, 0.3) is 0 Å². The van der Waals surface area contributed by atoms with Gasteiger partial charge in [-0.2, -0.15) is 4.98 Å². The van der Waals surface area contributed by atoms with E-state index >= 15 is 0 Å². The zero-order chi connectivity index (χ0) is 12.0. The highest BCUT2D eigenvalue weighted by Gasteiger charge is 2.11. The van der Waals surface area contributed by atoms with E-state index in [2.05, 4.69) is 10.1 Å². The van der Waals surface area contributed by atoms with Crippen LogP contribution >= 0.6 is 0 Å². The van der Waals surface area contributed by atoms with E-state index in [1.54, 1.807) is 0 Å². The smallest absolute Gasteiger partial charge is 0.329 e. The number of carboxylic acid groups (broad SMARTS) is 1. The van der Waals surface area contributed by atoms with Crippen molar-refractivity contribution in [1.29, 1.82) is 0 Å². The van der Waals surface area contributed by atoms with Crippen LogP contribution in [-0.2, 0) is 16.1 Å². The van der Waals surface area contributed by atoms with E-state index in [-0.39, 0.29) is 19.1 Å². The average Bonchev–Trinajstić information content (AvgIpc) is 2.68. The van der Waals surface area contributed by atoms with Crippen LogP contribution in [-0.4, -0.2) is 40.9 Å². The molecule has 90 valence electrons. The first-order valence-electron chi connectivity index (χ1n) is 5.04. The fourth-order valence-corrected chi connectivity index (χ4v) is 1.17. The van der Waals surface area contributed by atoms with Crippen LogP contribution in [0.15, 0.2) is 4.52 Å². The number of hydrogen-bond donors (Lipinski definition) is 1. The van der Waals surface area contributed by atoms with E-state index in [0.29, 0.717) is 5.95 Å². The summed E-state index contributed by atoms with van der Waals surface area (Å²) >= 11 is 0. The zero-order valence-corrected chi connectivity index (χ0v) is 9.34. The normalized spacial score (nSPS) is 10.4. The van der Waals surface area contributed by atoms with E-state index < -0.39 is 5.97 Å². The molecular formula is C9H15N3O4. The molecule has 0 unspecified atom stereocenters. The van der Waals surface area contributed by atoms with Crippen molar-refractivity contribution in [3.8, 4) is 0 Å². The van der Waals surface area contributed by atoms with E-state index in [1.165, 1.54) is 0 Å². The number of ether oxygens (including phenoxy) is 1. The largest absolute Gasteiger partial charge is 0.480 e. The van der Waals surface area contributed by atoms with Crippen molar-refractivity contribution in [2.45, 2.75) is 20.5 Å². The molecule has 1 aromatic rings. The highest BCUT2D eigenvalue weighted by atomic mass is 16.5. The van der Waals surface area contributed by atoms with Crippen molar-refractivity contribution in [1.82, 2.24) is 10.1 Å². The van der Waals surface area contributed by atoms with E-state index in [4.69, 9.17) is 14.4 Å². The van der Waals surface area contributed by atoms with Gasteiger partial charge in [0.2, 0.25) is 0 Å². The van der Waals surface area contributed by atoms with Gasteiger partial charge in [0.25, 0.3) is 11.8 Å². The maximum Gasteiger partial charge on any atom is 0.329 e. The Hall–Kier alpha value is -1.63. The summed E-state index contributed by atoms with van der Waals surface area (Å²) in [6.45, 7) is 5.18. The molecule has 1 aromatic heterocycles. The first-order chi connectivity index (χ1) is 7.67. The standard InChI is InChI=1S/C9H15N3O4/c1-3-12(4-2)9-10-7(16-11-9)5-15-6-8(13)14/h3-6H2,1-2H3,(H,13,14). The van der Waals surface area contributed by atoms with Gasteiger partial charge in [-0.3, -0.25) is 0 Å². The highest BCUT2D eigenvalue weighted by Crippen LogP contribution is 2.09. The van der Waals surface area contributed by atoms with E-state index in [9.17, 15) is 4.79 Å². The van der Waals surface area contributed by atoms with Gasteiger partial charge >= 0.3 is 5.97 Å². The maximum atomic E-state index is 10.2. The third kappa shape index (κ3) is 3.50. The van der Waals surface area contributed by atoms with Crippen molar-refractivity contribution in [2.75, 3.05) is 24.6 Å². The molecule has 0 saturated carbocycles. The average molecular weight is 229 g/mol. The second kappa shape index (κ2) is 6.06. The molecule has 0 fully saturated rings. The number of aliphatic carboxylic acids is 1. The number of aromatic nitrogens is 2. The Morgan fingerprint density at radius 3 is 2.75 bits per heavy atom. The van der Waals surface area contributed by atoms with Crippen molar-refractivity contribution < 1.29 is 19.2 Å². The number of carboxylic acids is 1. The van der Waals surface area contributed by atoms with Crippen molar-refractivity contribution in [3.63, 3.8) is 0 Å². The van der Waals surface area contributed by atoms with Crippen LogP contribution in [0.1, 0.15) is 19.7 Å². The minimum absolute atomic E-state index is 0.0145. The van der Waals surface area contributed by atoms with Gasteiger partial charge in [-0.25, -0.2) is 4.79 Å². The molecule has 1 heterocycles. The molecule has 0 aliphatic heterocycles. The number of nitrogens with zero attached hydrogens (tertiary/aromatic N) is 3. The summed E-state index contributed by atoms with van der Waals surface area (Å²) < 4.78 is 9.74. The molecule has 0 spiro atoms. The van der Waals surface area contributed by atoms with Gasteiger partial charge in [0.15, 0.2) is 0 Å². The van der Waals surface area contributed by atoms with E-state index in [1.807, 2.05) is 18.7 Å². The van der Waals surface area contributed by atoms with Gasteiger partial charge in [-0.15, -0.1) is 0 Å². The Balaban J connectivity index is 2.47. The molecule has 0 aliphatic rings. The summed E-state index contributed by atoms with van der Waals surface area (Å²) in [4.78, 5) is 16.2. The highest BCUT2D eigenvalue weighted by molar-refractivity contribution is 5.67. The number of anilines is 1. The number of rotatable bonds is 7. The van der Waals surface area contributed by atoms with E-state index in [0.717, 1.165) is 13.1 Å². The van der Waals surface area contributed by atoms with Crippen molar-refractivity contribution in [3.05, 3.63) is 5.89 Å². The molecule has 0 aliphatic carbocycles. The summed E-state index contributed by atoms with van der Waals surface area (Å²) in [5.74, 6) is -0.245. The molecular weight excluding hydrogens is 214 g/mol. The van der Waals surface area contributed by atoms with Crippen molar-refractivity contribution in [2.24, 2.45) is 0 Å². The van der Waals surface area contributed by atoms with Gasteiger partial charge in [0.05, 0.1) is 0 Å². The molecule has 16 heavy (non-hydrogen) atoms. The molecule has 0 atom stereocenters. The maximum absolute atomic E-state index is 10.2. The summed E-state index contributed by atoms with van der Waals surface area (Å²) in [7, 11) is 0. The first-order valence-corrected chi connectivity index (χ1v) is 5.04. The molecule has 0 radical (unpaired) electrons. The third-order valence-corrected chi connectivity index (χ3v) is 1.95. The van der Waals surface area contributed by atoms with Gasteiger partial charge in [0, 0.05) is 13.1 Å². The molecule has 7 heteroatoms. The fourth-order valence-electron chi connectivity index (χ4n) is 1.17. The predicted octanol–water partition coefficient (Wildman–Crippen LogP) is 0.517.